The summed E-state index contributed by atoms with van der Waals surface area (Å²) in [5, 5.41) is 11.4. The van der Waals surface area contributed by atoms with Crippen LogP contribution in [0.1, 0.15) is 68.0 Å². The first-order valence-corrected chi connectivity index (χ1v) is 14.5. The third kappa shape index (κ3) is 6.41. The summed E-state index contributed by atoms with van der Waals surface area (Å²) in [6, 6.07) is 17.9. The number of likely N-dealkylation sites (tertiary alicyclic amines) is 1. The summed E-state index contributed by atoms with van der Waals surface area (Å²) in [5.41, 5.74) is 5.03. The van der Waals surface area contributed by atoms with Crippen LogP contribution in [0.15, 0.2) is 66.9 Å². The summed E-state index contributed by atoms with van der Waals surface area (Å²) in [7, 11) is 0. The molecule has 1 saturated heterocycles. The standard InChI is InChI=1S/C33H38ClN3O3/c1-4-32(38)37(20-23-9-12-25(34)13-10-23)26-15-18-36(21-26)17-6-8-27-28-7-5-16-35-30(28)22-40-31-14-11-24(19-29(27)31)33(2,3)39/h5,7-14,16,19,26,39H,4,6,15,17-18,20-22H2,1-3H3/b27-8+/t26-/m0/s1. The number of fused-ring (bicyclic) bond motifs is 2. The molecule has 6 nitrogen and oxygen atoms in total. The van der Waals surface area contributed by atoms with Gasteiger partial charge in [-0.05, 0) is 73.7 Å². The van der Waals surface area contributed by atoms with Gasteiger partial charge < -0.3 is 19.6 Å². The molecule has 1 N–H and O–H groups in total. The average molecular weight is 560 g/mol. The Balaban J connectivity index is 1.33. The SMILES string of the molecule is CCC(=O)N(Cc1ccc(Cl)cc1)[C@H]1CCN(CC/C=C2/c3cc(C(C)(C)O)ccc3OCc3ncccc32)C1. The molecule has 0 bridgehead atoms. The fraction of sp³-hybridized carbons (Fsp3) is 0.394. The fourth-order valence-corrected chi connectivity index (χ4v) is 5.75. The minimum atomic E-state index is -0.956. The van der Waals surface area contributed by atoms with Crippen LogP contribution in [-0.4, -0.2) is 51.5 Å². The van der Waals surface area contributed by atoms with E-state index in [-0.39, 0.29) is 11.9 Å². The lowest BCUT2D eigenvalue weighted by molar-refractivity contribution is -0.133. The number of aromatic nitrogens is 1. The van der Waals surface area contributed by atoms with E-state index in [9.17, 15) is 9.90 Å². The highest BCUT2D eigenvalue weighted by atomic mass is 35.5. The molecular weight excluding hydrogens is 522 g/mol. The number of hydrogen-bond donors (Lipinski definition) is 1. The Hall–Kier alpha value is -3.19. The fourth-order valence-electron chi connectivity index (χ4n) is 5.63. The second-order valence-electron chi connectivity index (χ2n) is 11.2. The van der Waals surface area contributed by atoms with E-state index in [1.54, 1.807) is 20.0 Å². The summed E-state index contributed by atoms with van der Waals surface area (Å²) >= 11 is 6.07. The van der Waals surface area contributed by atoms with E-state index in [2.05, 4.69) is 22.0 Å². The van der Waals surface area contributed by atoms with Crippen LogP contribution < -0.4 is 4.74 Å². The molecule has 40 heavy (non-hydrogen) atoms. The van der Waals surface area contributed by atoms with E-state index in [0.717, 1.165) is 71.7 Å². The van der Waals surface area contributed by atoms with Gasteiger partial charge in [0.25, 0.3) is 0 Å². The summed E-state index contributed by atoms with van der Waals surface area (Å²) in [5.74, 6) is 0.986. The topological polar surface area (TPSA) is 65.9 Å². The third-order valence-electron chi connectivity index (χ3n) is 7.89. The van der Waals surface area contributed by atoms with Crippen LogP contribution >= 0.6 is 11.6 Å². The zero-order chi connectivity index (χ0) is 28.3. The summed E-state index contributed by atoms with van der Waals surface area (Å²) in [6.45, 7) is 9.27. The van der Waals surface area contributed by atoms with Gasteiger partial charge in [-0.15, -0.1) is 0 Å². The van der Waals surface area contributed by atoms with Crippen LogP contribution in [0.2, 0.25) is 5.02 Å². The summed E-state index contributed by atoms with van der Waals surface area (Å²) < 4.78 is 6.14. The summed E-state index contributed by atoms with van der Waals surface area (Å²) in [4.78, 5) is 22.0. The number of carbonyl (C=O) groups is 1. The molecular formula is C33H38ClN3O3. The van der Waals surface area contributed by atoms with Crippen LogP contribution in [0.25, 0.3) is 5.57 Å². The zero-order valence-corrected chi connectivity index (χ0v) is 24.3. The number of aliphatic hydroxyl groups is 1. The molecule has 2 aromatic carbocycles. The number of nitrogens with zero attached hydrogens (tertiary/aromatic N) is 3. The number of pyridine rings is 1. The molecule has 3 heterocycles. The lowest BCUT2D eigenvalue weighted by atomic mass is 9.90. The van der Waals surface area contributed by atoms with Crippen molar-refractivity contribution in [2.24, 2.45) is 0 Å². The zero-order valence-electron chi connectivity index (χ0n) is 23.6. The number of rotatable bonds is 8. The van der Waals surface area contributed by atoms with Crippen LogP contribution in [0, 0.1) is 0 Å². The Bertz CT molecular complexity index is 1380. The van der Waals surface area contributed by atoms with Gasteiger partial charge in [0, 0.05) is 61.0 Å². The van der Waals surface area contributed by atoms with E-state index in [0.29, 0.717) is 24.6 Å². The minimum Gasteiger partial charge on any atom is -0.487 e. The molecule has 1 amide bonds. The minimum absolute atomic E-state index is 0.186. The molecule has 0 aliphatic carbocycles. The first kappa shape index (κ1) is 28.3. The normalized spacial score (nSPS) is 18.1. The van der Waals surface area contributed by atoms with Crippen molar-refractivity contribution in [1.29, 1.82) is 0 Å². The molecule has 0 spiro atoms. The predicted molar refractivity (Wildman–Crippen MR) is 159 cm³/mol. The van der Waals surface area contributed by atoms with Gasteiger partial charge in [0.05, 0.1) is 11.3 Å². The van der Waals surface area contributed by atoms with Crippen molar-refractivity contribution >= 4 is 23.1 Å². The van der Waals surface area contributed by atoms with Crippen molar-refractivity contribution in [3.63, 3.8) is 0 Å². The van der Waals surface area contributed by atoms with Crippen LogP contribution in [0.5, 0.6) is 5.75 Å². The molecule has 1 atom stereocenters. The molecule has 2 aliphatic rings. The quantitative estimate of drug-likeness (QED) is 0.356. The van der Waals surface area contributed by atoms with E-state index < -0.39 is 5.60 Å². The smallest absolute Gasteiger partial charge is 0.222 e. The highest BCUT2D eigenvalue weighted by Gasteiger charge is 2.30. The number of amides is 1. The molecule has 0 saturated carbocycles. The highest BCUT2D eigenvalue weighted by molar-refractivity contribution is 6.30. The highest BCUT2D eigenvalue weighted by Crippen LogP contribution is 2.38. The molecule has 7 heteroatoms. The number of carbonyl (C=O) groups excluding carboxylic acids is 1. The maximum Gasteiger partial charge on any atom is 0.222 e. The van der Waals surface area contributed by atoms with Crippen molar-refractivity contribution in [1.82, 2.24) is 14.8 Å². The molecule has 2 aliphatic heterocycles. The molecule has 3 aromatic rings. The molecule has 1 fully saturated rings. The Labute approximate surface area is 242 Å². The van der Waals surface area contributed by atoms with Crippen LogP contribution in [0.3, 0.4) is 0 Å². The van der Waals surface area contributed by atoms with Crippen LogP contribution in [-0.2, 0) is 23.5 Å². The lowest BCUT2D eigenvalue weighted by Gasteiger charge is -2.29. The van der Waals surface area contributed by atoms with Crippen molar-refractivity contribution in [2.45, 2.75) is 64.8 Å². The van der Waals surface area contributed by atoms with Crippen molar-refractivity contribution in [3.05, 3.63) is 99.8 Å². The van der Waals surface area contributed by atoms with Gasteiger partial charge in [0.15, 0.2) is 0 Å². The van der Waals surface area contributed by atoms with Gasteiger partial charge in [-0.1, -0.05) is 48.9 Å². The molecule has 0 unspecified atom stereocenters. The Kier molecular flexibility index (Phi) is 8.60. The van der Waals surface area contributed by atoms with Crippen molar-refractivity contribution in [3.8, 4) is 5.75 Å². The largest absolute Gasteiger partial charge is 0.487 e. The van der Waals surface area contributed by atoms with Crippen molar-refractivity contribution < 1.29 is 14.6 Å². The maximum absolute atomic E-state index is 12.9. The maximum atomic E-state index is 12.9. The number of ether oxygens (including phenoxy) is 1. The predicted octanol–water partition coefficient (Wildman–Crippen LogP) is 6.19. The van der Waals surface area contributed by atoms with Gasteiger partial charge in [-0.2, -0.15) is 0 Å². The Morgan fingerprint density at radius 3 is 2.75 bits per heavy atom. The number of halogens is 1. The Morgan fingerprint density at radius 2 is 2.00 bits per heavy atom. The van der Waals surface area contributed by atoms with Gasteiger partial charge in [-0.25, -0.2) is 0 Å². The molecule has 5 rings (SSSR count). The van der Waals surface area contributed by atoms with Gasteiger partial charge >= 0.3 is 0 Å². The van der Waals surface area contributed by atoms with E-state index in [4.69, 9.17) is 16.3 Å². The first-order chi connectivity index (χ1) is 19.2. The number of hydrogen-bond acceptors (Lipinski definition) is 5. The second kappa shape index (κ2) is 12.1. The van der Waals surface area contributed by atoms with E-state index >= 15 is 0 Å². The van der Waals surface area contributed by atoms with Gasteiger partial charge in [0.2, 0.25) is 5.91 Å². The molecule has 1 aromatic heterocycles. The number of benzene rings is 2. The third-order valence-corrected chi connectivity index (χ3v) is 8.14. The second-order valence-corrected chi connectivity index (χ2v) is 11.6. The van der Waals surface area contributed by atoms with E-state index in [1.165, 1.54) is 0 Å². The van der Waals surface area contributed by atoms with Gasteiger partial charge in [-0.3, -0.25) is 9.78 Å². The summed E-state index contributed by atoms with van der Waals surface area (Å²) in [6.07, 6.45) is 6.39. The molecule has 210 valence electrons. The van der Waals surface area contributed by atoms with E-state index in [1.807, 2.05) is 60.4 Å². The lowest BCUT2D eigenvalue weighted by Crippen LogP contribution is -2.41. The van der Waals surface area contributed by atoms with Gasteiger partial charge in [0.1, 0.15) is 12.4 Å². The molecule has 0 radical (unpaired) electrons. The first-order valence-electron chi connectivity index (χ1n) is 14.1. The van der Waals surface area contributed by atoms with Crippen LogP contribution in [0.4, 0.5) is 0 Å². The average Bonchev–Trinajstić information content (AvgIpc) is 3.35. The van der Waals surface area contributed by atoms with Crippen molar-refractivity contribution in [2.75, 3.05) is 19.6 Å². The Morgan fingerprint density at radius 1 is 1.20 bits per heavy atom. The monoisotopic (exact) mass is 559 g/mol.